The summed E-state index contributed by atoms with van der Waals surface area (Å²) in [5, 5.41) is 15.6. The fraction of sp³-hybridized carbons (Fsp3) is 0.794. The Morgan fingerprint density at radius 2 is 1.83 bits per heavy atom. The van der Waals surface area contributed by atoms with Gasteiger partial charge in [-0.3, -0.25) is 24.1 Å². The molecule has 0 aromatic carbocycles. The molecule has 0 bridgehead atoms. The predicted molar refractivity (Wildman–Crippen MR) is 173 cm³/mol. The van der Waals surface area contributed by atoms with Crippen LogP contribution in [0.2, 0.25) is 0 Å². The van der Waals surface area contributed by atoms with Crippen molar-refractivity contribution in [3.05, 3.63) is 30.3 Å². The molecule has 4 heterocycles. The number of hydrogen-bond donors (Lipinski definition) is 1. The Kier molecular flexibility index (Phi) is 11.4. The number of nitrogens with zero attached hydrogens (tertiary/aromatic N) is 5. The molecule has 0 aliphatic carbocycles. The zero-order chi connectivity index (χ0) is 34.1. The number of cyclic esters (lactones) is 1. The number of aromatic nitrogens is 2. The highest BCUT2D eigenvalue weighted by Crippen LogP contribution is 2.39. The summed E-state index contributed by atoms with van der Waals surface area (Å²) in [6.45, 7) is 16.6. The fourth-order valence-electron chi connectivity index (χ4n) is 7.61. The first kappa shape index (κ1) is 36.5. The van der Waals surface area contributed by atoms with Gasteiger partial charge in [-0.05, 0) is 54.3 Å². The number of hydrogen-bond acceptors (Lipinski definition) is 11. The van der Waals surface area contributed by atoms with E-state index in [-0.39, 0.29) is 30.4 Å². The van der Waals surface area contributed by atoms with Gasteiger partial charge in [-0.25, -0.2) is 0 Å². The van der Waals surface area contributed by atoms with Crippen molar-refractivity contribution in [3.63, 3.8) is 0 Å². The number of Topliss-reactive ketones (excluding diaryl/α,β-unsaturated/α-hetero) is 1. The van der Waals surface area contributed by atoms with Crippen molar-refractivity contribution in [2.24, 2.45) is 30.2 Å². The maximum Gasteiger partial charge on any atom is 0.319 e. The number of likely N-dealkylation sites (tertiary alicyclic amines) is 1. The number of aryl methyl sites for hydroxylation is 1. The molecular formula is C34H57N5O7. The normalized spacial score (nSPS) is 35.9. The SMILES string of the molecule is C=C1CC(N(C)C)[C@@H](O)C(O[C@@H]2[C@@H](C)C(=O)C(C)(C)C(=O)OC[C@@H](C3CN(Cc4cnn(C)c4)C3)N(C)C[C@H](C)C[C@@]2(C)OC)O1. The molecular weight excluding hydrogens is 590 g/mol. The third kappa shape index (κ3) is 7.85. The molecule has 0 radical (unpaired) electrons. The van der Waals surface area contributed by atoms with E-state index in [1.807, 2.05) is 50.0 Å². The van der Waals surface area contributed by atoms with Gasteiger partial charge < -0.3 is 29.0 Å². The molecule has 2 unspecified atom stereocenters. The lowest BCUT2D eigenvalue weighted by Crippen LogP contribution is -2.58. The monoisotopic (exact) mass is 647 g/mol. The average molecular weight is 648 g/mol. The van der Waals surface area contributed by atoms with Crippen molar-refractivity contribution in [3.8, 4) is 0 Å². The van der Waals surface area contributed by atoms with Crippen LogP contribution >= 0.6 is 0 Å². The first-order chi connectivity index (χ1) is 21.5. The van der Waals surface area contributed by atoms with Gasteiger partial charge in [0.25, 0.3) is 0 Å². The summed E-state index contributed by atoms with van der Waals surface area (Å²) < 4.78 is 26.5. The topological polar surface area (TPSA) is 119 Å². The van der Waals surface area contributed by atoms with Gasteiger partial charge in [-0.15, -0.1) is 0 Å². The molecule has 1 N–H and O–H groups in total. The van der Waals surface area contributed by atoms with E-state index in [1.165, 1.54) is 5.56 Å². The molecule has 260 valence electrons. The smallest absolute Gasteiger partial charge is 0.319 e. The minimum absolute atomic E-state index is 0.0127. The molecule has 46 heavy (non-hydrogen) atoms. The maximum atomic E-state index is 14.2. The largest absolute Gasteiger partial charge is 0.467 e. The fourth-order valence-corrected chi connectivity index (χ4v) is 7.61. The van der Waals surface area contributed by atoms with Gasteiger partial charge in [0.2, 0.25) is 6.29 Å². The number of aliphatic hydroxyl groups excluding tert-OH is 1. The van der Waals surface area contributed by atoms with Crippen LogP contribution in [-0.2, 0) is 42.1 Å². The number of methoxy groups -OCH3 is 1. The first-order valence-corrected chi connectivity index (χ1v) is 16.5. The van der Waals surface area contributed by atoms with Gasteiger partial charge in [-0.1, -0.05) is 20.4 Å². The van der Waals surface area contributed by atoms with Gasteiger partial charge >= 0.3 is 5.97 Å². The number of likely N-dealkylation sites (N-methyl/N-ethyl adjacent to an activating group) is 2. The number of ether oxygens (including phenoxy) is 4. The van der Waals surface area contributed by atoms with Crippen molar-refractivity contribution in [1.82, 2.24) is 24.5 Å². The van der Waals surface area contributed by atoms with Crippen LogP contribution in [0.1, 0.15) is 53.0 Å². The summed E-state index contributed by atoms with van der Waals surface area (Å²) >= 11 is 0. The molecule has 3 fully saturated rings. The second-order valence-corrected chi connectivity index (χ2v) is 15.0. The molecule has 3 saturated heterocycles. The maximum absolute atomic E-state index is 14.2. The van der Waals surface area contributed by atoms with E-state index >= 15 is 0 Å². The van der Waals surface area contributed by atoms with Crippen LogP contribution < -0.4 is 0 Å². The molecule has 12 heteroatoms. The van der Waals surface area contributed by atoms with E-state index < -0.39 is 41.4 Å². The highest BCUT2D eigenvalue weighted by atomic mass is 16.7. The number of carbonyl (C=O) groups excluding carboxylic acids is 2. The van der Waals surface area contributed by atoms with Crippen LogP contribution in [0.15, 0.2) is 24.7 Å². The van der Waals surface area contributed by atoms with E-state index in [1.54, 1.807) is 27.9 Å². The lowest BCUT2D eigenvalue weighted by atomic mass is 9.74. The van der Waals surface area contributed by atoms with E-state index in [2.05, 4.69) is 35.4 Å². The molecule has 0 spiro atoms. The minimum atomic E-state index is -1.44. The standard InChI is InChI=1S/C34H57N5O7/c1-21-13-34(6,43-11)30(46-31-28(40)26(36(7)8)12-22(2)45-31)23(3)29(41)33(4,5)32(42)44-20-27(37(9)15-21)25-18-39(19-25)17-24-14-35-38(10)16-24/h14,16,21,23,25-28,30-31,40H,2,12-13,15,17-20H2,1,3-11H3/t21-,23+,26?,27+,28-,30-,31?,34-/m1/s1. The van der Waals surface area contributed by atoms with E-state index in [9.17, 15) is 14.7 Å². The van der Waals surface area contributed by atoms with Gasteiger partial charge in [0, 0.05) is 82.4 Å². The second-order valence-electron chi connectivity index (χ2n) is 15.0. The van der Waals surface area contributed by atoms with Crippen molar-refractivity contribution < 1.29 is 33.6 Å². The van der Waals surface area contributed by atoms with Crippen LogP contribution in [0.3, 0.4) is 0 Å². The van der Waals surface area contributed by atoms with Gasteiger partial charge in [0.1, 0.15) is 18.1 Å². The zero-order valence-electron chi connectivity index (χ0n) is 29.6. The van der Waals surface area contributed by atoms with Crippen molar-refractivity contribution in [2.75, 3.05) is 54.5 Å². The summed E-state index contributed by atoms with van der Waals surface area (Å²) in [5.74, 6) is -0.737. The van der Waals surface area contributed by atoms with Crippen LogP contribution in [-0.4, -0.2) is 132 Å². The molecule has 1 aromatic rings. The Morgan fingerprint density at radius 1 is 1.15 bits per heavy atom. The third-order valence-electron chi connectivity index (χ3n) is 10.4. The summed E-state index contributed by atoms with van der Waals surface area (Å²) in [6, 6.07) is -0.287. The third-order valence-corrected chi connectivity index (χ3v) is 10.4. The summed E-state index contributed by atoms with van der Waals surface area (Å²) in [5.41, 5.74) is -1.22. The van der Waals surface area contributed by atoms with Crippen molar-refractivity contribution >= 4 is 11.8 Å². The molecule has 0 amide bonds. The Labute approximate surface area is 274 Å². The lowest BCUT2D eigenvalue weighted by Gasteiger charge is -2.47. The Hall–Kier alpha value is -2.35. The van der Waals surface area contributed by atoms with Crippen LogP contribution in [0.4, 0.5) is 0 Å². The molecule has 3 aliphatic heterocycles. The average Bonchev–Trinajstić information content (AvgIpc) is 3.38. The lowest BCUT2D eigenvalue weighted by molar-refractivity contribution is -0.267. The van der Waals surface area contributed by atoms with Crippen LogP contribution in [0, 0.1) is 23.2 Å². The Morgan fingerprint density at radius 3 is 2.41 bits per heavy atom. The van der Waals surface area contributed by atoms with Gasteiger partial charge in [0.05, 0.1) is 23.7 Å². The predicted octanol–water partition coefficient (Wildman–Crippen LogP) is 2.31. The number of carbonyl (C=O) groups is 2. The van der Waals surface area contributed by atoms with Crippen LogP contribution in [0.25, 0.3) is 0 Å². The molecule has 0 saturated carbocycles. The highest BCUT2D eigenvalue weighted by Gasteiger charge is 2.52. The minimum Gasteiger partial charge on any atom is -0.467 e. The number of esters is 1. The number of aliphatic hydroxyl groups is 1. The first-order valence-electron chi connectivity index (χ1n) is 16.5. The molecule has 12 nitrogen and oxygen atoms in total. The number of ketones is 1. The highest BCUT2D eigenvalue weighted by molar-refractivity contribution is 6.04. The van der Waals surface area contributed by atoms with Gasteiger partial charge in [0.15, 0.2) is 5.78 Å². The Balaban J connectivity index is 1.59. The van der Waals surface area contributed by atoms with E-state index in [0.717, 1.165) is 26.2 Å². The van der Waals surface area contributed by atoms with Crippen LogP contribution in [0.5, 0.6) is 0 Å². The molecule has 3 aliphatic rings. The van der Waals surface area contributed by atoms with Crippen molar-refractivity contribution in [1.29, 1.82) is 0 Å². The summed E-state index contributed by atoms with van der Waals surface area (Å²) in [7, 11) is 9.38. The summed E-state index contributed by atoms with van der Waals surface area (Å²) in [4.78, 5) is 34.4. The van der Waals surface area contributed by atoms with Crippen molar-refractivity contribution in [2.45, 2.75) is 90.2 Å². The molecule has 1 aromatic heterocycles. The second kappa shape index (κ2) is 14.4. The Bertz CT molecular complexity index is 1230. The molecule has 8 atom stereocenters. The summed E-state index contributed by atoms with van der Waals surface area (Å²) in [6.07, 6.45) is 2.05. The number of rotatable bonds is 7. The zero-order valence-corrected chi connectivity index (χ0v) is 29.6. The quantitative estimate of drug-likeness (QED) is 0.347. The molecule has 4 rings (SSSR count). The van der Waals surface area contributed by atoms with E-state index in [4.69, 9.17) is 18.9 Å². The van der Waals surface area contributed by atoms with E-state index in [0.29, 0.717) is 24.5 Å². The van der Waals surface area contributed by atoms with Gasteiger partial charge in [-0.2, -0.15) is 5.10 Å².